The summed E-state index contributed by atoms with van der Waals surface area (Å²) >= 11 is 0. The minimum absolute atomic E-state index is 0.0245. The Morgan fingerprint density at radius 3 is 2.89 bits per heavy atom. The third-order valence-corrected chi connectivity index (χ3v) is 3.44. The lowest BCUT2D eigenvalue weighted by Gasteiger charge is -2.35. The molecule has 0 spiro atoms. The van der Waals surface area contributed by atoms with Gasteiger partial charge in [-0.15, -0.1) is 0 Å². The molecule has 1 aromatic heterocycles. The average molecular weight is 266 g/mol. The molecule has 0 saturated carbocycles. The zero-order valence-corrected chi connectivity index (χ0v) is 10.6. The van der Waals surface area contributed by atoms with E-state index in [4.69, 9.17) is 5.73 Å². The van der Waals surface area contributed by atoms with E-state index in [0.29, 0.717) is 13.1 Å². The van der Waals surface area contributed by atoms with Gasteiger partial charge in [0.2, 0.25) is 0 Å². The molecule has 0 radical (unpaired) electrons. The van der Waals surface area contributed by atoms with Crippen LogP contribution >= 0.6 is 0 Å². The van der Waals surface area contributed by atoms with Crippen LogP contribution in [0.5, 0.6) is 0 Å². The number of rotatable bonds is 3. The molecule has 1 saturated heterocycles. The number of amides is 1. The van der Waals surface area contributed by atoms with E-state index < -0.39 is 11.2 Å². The van der Waals surface area contributed by atoms with E-state index in [1.54, 1.807) is 4.90 Å². The standard InChI is InChI=1S/C12H18N4O3/c13-5-4-8-3-1-2-6-16(8)11(18)9-7-14-12(19)15-10(9)17/h7-8H,1-6,13H2,(H2,14,15,17,19). The Morgan fingerprint density at radius 1 is 1.42 bits per heavy atom. The molecule has 0 bridgehead atoms. The fraction of sp³-hybridized carbons (Fsp3) is 0.583. The molecule has 1 fully saturated rings. The molecule has 7 heteroatoms. The van der Waals surface area contributed by atoms with Crippen LogP contribution in [-0.2, 0) is 0 Å². The van der Waals surface area contributed by atoms with E-state index >= 15 is 0 Å². The van der Waals surface area contributed by atoms with Gasteiger partial charge >= 0.3 is 5.69 Å². The van der Waals surface area contributed by atoms with E-state index in [9.17, 15) is 14.4 Å². The lowest BCUT2D eigenvalue weighted by atomic mass is 9.98. The number of nitrogens with two attached hydrogens (primary N) is 1. The van der Waals surface area contributed by atoms with Crippen molar-refractivity contribution in [3.8, 4) is 0 Å². The first-order valence-corrected chi connectivity index (χ1v) is 6.46. The Bertz CT molecular complexity index is 561. The zero-order valence-electron chi connectivity index (χ0n) is 10.6. The smallest absolute Gasteiger partial charge is 0.325 e. The molecule has 4 N–H and O–H groups in total. The van der Waals surface area contributed by atoms with Gasteiger partial charge in [0.05, 0.1) is 0 Å². The van der Waals surface area contributed by atoms with Gasteiger partial charge < -0.3 is 15.6 Å². The van der Waals surface area contributed by atoms with Crippen LogP contribution in [0.3, 0.4) is 0 Å². The predicted molar refractivity (Wildman–Crippen MR) is 70.0 cm³/mol. The van der Waals surface area contributed by atoms with E-state index in [1.165, 1.54) is 6.20 Å². The third kappa shape index (κ3) is 2.93. The quantitative estimate of drug-likeness (QED) is 0.678. The topological polar surface area (TPSA) is 112 Å². The first kappa shape index (κ1) is 13.5. The summed E-state index contributed by atoms with van der Waals surface area (Å²) in [6.07, 6.45) is 4.80. The van der Waals surface area contributed by atoms with Crippen molar-refractivity contribution in [2.24, 2.45) is 5.73 Å². The Labute approximate surface area is 109 Å². The maximum Gasteiger partial charge on any atom is 0.325 e. The fourth-order valence-corrected chi connectivity index (χ4v) is 2.48. The zero-order chi connectivity index (χ0) is 13.8. The highest BCUT2D eigenvalue weighted by molar-refractivity contribution is 5.93. The second kappa shape index (κ2) is 5.83. The van der Waals surface area contributed by atoms with E-state index in [1.807, 2.05) is 0 Å². The fourth-order valence-electron chi connectivity index (χ4n) is 2.48. The maximum atomic E-state index is 12.4. The molecule has 1 aliphatic heterocycles. The Balaban J connectivity index is 2.26. The van der Waals surface area contributed by atoms with Gasteiger partial charge in [-0.05, 0) is 32.2 Å². The van der Waals surface area contributed by atoms with E-state index in [0.717, 1.165) is 25.7 Å². The van der Waals surface area contributed by atoms with Crippen molar-refractivity contribution in [2.75, 3.05) is 13.1 Å². The molecule has 0 aromatic carbocycles. The molecular weight excluding hydrogens is 248 g/mol. The number of hydrogen-bond acceptors (Lipinski definition) is 4. The van der Waals surface area contributed by atoms with Crippen LogP contribution in [0.1, 0.15) is 36.0 Å². The minimum atomic E-state index is -0.647. The number of hydrogen-bond donors (Lipinski definition) is 3. The van der Waals surface area contributed by atoms with Crippen molar-refractivity contribution in [2.45, 2.75) is 31.7 Å². The molecule has 2 rings (SSSR count). The summed E-state index contributed by atoms with van der Waals surface area (Å²) < 4.78 is 0. The molecule has 19 heavy (non-hydrogen) atoms. The van der Waals surface area contributed by atoms with Crippen LogP contribution in [0.4, 0.5) is 0 Å². The summed E-state index contributed by atoms with van der Waals surface area (Å²) in [6.45, 7) is 1.14. The van der Waals surface area contributed by atoms with Gasteiger partial charge in [-0.3, -0.25) is 14.6 Å². The largest absolute Gasteiger partial charge is 0.335 e. The van der Waals surface area contributed by atoms with Crippen molar-refractivity contribution in [1.29, 1.82) is 0 Å². The molecule has 1 aliphatic rings. The Kier molecular flexibility index (Phi) is 4.16. The summed E-state index contributed by atoms with van der Waals surface area (Å²) in [4.78, 5) is 41.0. The van der Waals surface area contributed by atoms with Crippen molar-refractivity contribution < 1.29 is 4.79 Å². The van der Waals surface area contributed by atoms with Crippen LogP contribution in [0.2, 0.25) is 0 Å². The van der Waals surface area contributed by atoms with Gasteiger partial charge in [0.15, 0.2) is 0 Å². The number of aromatic amines is 2. The van der Waals surface area contributed by atoms with Crippen molar-refractivity contribution in [3.05, 3.63) is 32.6 Å². The van der Waals surface area contributed by atoms with Gasteiger partial charge in [-0.1, -0.05) is 0 Å². The maximum absolute atomic E-state index is 12.4. The van der Waals surface area contributed by atoms with Crippen LogP contribution in [0.25, 0.3) is 0 Å². The Morgan fingerprint density at radius 2 is 2.21 bits per heavy atom. The first-order valence-electron chi connectivity index (χ1n) is 6.46. The first-order chi connectivity index (χ1) is 9.13. The summed E-state index contributed by atoms with van der Waals surface area (Å²) in [7, 11) is 0. The van der Waals surface area contributed by atoms with Crippen LogP contribution in [-0.4, -0.2) is 39.9 Å². The normalized spacial score (nSPS) is 19.4. The highest BCUT2D eigenvalue weighted by Crippen LogP contribution is 2.20. The summed E-state index contributed by atoms with van der Waals surface area (Å²) in [5.74, 6) is -0.337. The average Bonchev–Trinajstić information content (AvgIpc) is 2.39. The number of H-pyrrole nitrogens is 2. The molecule has 2 heterocycles. The van der Waals surface area contributed by atoms with Crippen LogP contribution in [0.15, 0.2) is 15.8 Å². The molecule has 1 aromatic rings. The van der Waals surface area contributed by atoms with E-state index in [-0.39, 0.29) is 17.5 Å². The predicted octanol–water partition coefficient (Wildman–Crippen LogP) is -0.593. The van der Waals surface area contributed by atoms with Crippen LogP contribution in [0, 0.1) is 0 Å². The number of carbonyl (C=O) groups is 1. The number of piperidine rings is 1. The lowest BCUT2D eigenvalue weighted by molar-refractivity contribution is 0.0602. The van der Waals surface area contributed by atoms with Gasteiger partial charge in [0.1, 0.15) is 5.56 Å². The van der Waals surface area contributed by atoms with Crippen molar-refractivity contribution >= 4 is 5.91 Å². The highest BCUT2D eigenvalue weighted by atomic mass is 16.2. The molecule has 1 atom stereocenters. The summed E-state index contributed by atoms with van der Waals surface area (Å²) in [6, 6.07) is 0.0811. The number of aromatic nitrogens is 2. The molecule has 0 aliphatic carbocycles. The second-order valence-corrected chi connectivity index (χ2v) is 4.71. The molecule has 7 nitrogen and oxygen atoms in total. The summed E-state index contributed by atoms with van der Waals surface area (Å²) in [5, 5.41) is 0. The lowest BCUT2D eigenvalue weighted by Crippen LogP contribution is -2.46. The molecular formula is C12H18N4O3. The minimum Gasteiger partial charge on any atom is -0.335 e. The third-order valence-electron chi connectivity index (χ3n) is 3.44. The molecule has 1 amide bonds. The SMILES string of the molecule is NCCC1CCCCN1C(=O)c1c[nH]c(=O)[nH]c1=O. The van der Waals surface area contributed by atoms with Crippen molar-refractivity contribution in [3.63, 3.8) is 0 Å². The van der Waals surface area contributed by atoms with Crippen molar-refractivity contribution in [1.82, 2.24) is 14.9 Å². The Hall–Kier alpha value is -1.89. The van der Waals surface area contributed by atoms with Crippen LogP contribution < -0.4 is 17.0 Å². The molecule has 104 valence electrons. The molecule has 1 unspecified atom stereocenters. The highest BCUT2D eigenvalue weighted by Gasteiger charge is 2.28. The van der Waals surface area contributed by atoms with Gasteiger partial charge in [-0.2, -0.15) is 0 Å². The van der Waals surface area contributed by atoms with E-state index in [2.05, 4.69) is 9.97 Å². The van der Waals surface area contributed by atoms with Gasteiger partial charge in [-0.25, -0.2) is 4.79 Å². The second-order valence-electron chi connectivity index (χ2n) is 4.71. The van der Waals surface area contributed by atoms with Gasteiger partial charge in [0, 0.05) is 18.8 Å². The number of nitrogens with one attached hydrogen (secondary N) is 2. The monoisotopic (exact) mass is 266 g/mol. The number of likely N-dealkylation sites (tertiary alicyclic amines) is 1. The summed E-state index contributed by atoms with van der Waals surface area (Å²) in [5.41, 5.74) is 4.27. The van der Waals surface area contributed by atoms with Gasteiger partial charge in [0.25, 0.3) is 11.5 Å². The number of carbonyl (C=O) groups excluding carboxylic acids is 1. The number of nitrogens with zero attached hydrogens (tertiary/aromatic N) is 1.